The van der Waals surface area contributed by atoms with Crippen molar-refractivity contribution in [3.8, 4) is 16.9 Å². The van der Waals surface area contributed by atoms with Crippen LogP contribution in [0.5, 0.6) is 5.75 Å². The normalized spacial score (nSPS) is 19.5. The summed E-state index contributed by atoms with van der Waals surface area (Å²) in [6.45, 7) is 1.33. The average Bonchev–Trinajstić information content (AvgIpc) is 2.79. The number of carbonyl (C=O) groups is 1. The van der Waals surface area contributed by atoms with Crippen LogP contribution in [0.4, 0.5) is 17.6 Å². The van der Waals surface area contributed by atoms with Crippen molar-refractivity contribution in [3.05, 3.63) is 88.1 Å². The van der Waals surface area contributed by atoms with Crippen LogP contribution in [0.1, 0.15) is 28.4 Å². The summed E-state index contributed by atoms with van der Waals surface area (Å²) in [6, 6.07) is 14.1. The number of nitrogens with zero attached hydrogens (tertiary/aromatic N) is 2. The number of halogens is 4. The topological polar surface area (TPSA) is 51.5 Å². The van der Waals surface area contributed by atoms with Crippen LogP contribution in [0.25, 0.3) is 11.1 Å². The molecule has 2 bridgehead atoms. The van der Waals surface area contributed by atoms with E-state index in [2.05, 4.69) is 4.74 Å². The summed E-state index contributed by atoms with van der Waals surface area (Å²) in [4.78, 5) is 27.4. The second kappa shape index (κ2) is 8.30. The molecule has 0 spiro atoms. The standard InChI is InChI=1S/C25H20F4N2O3/c26-19-5-1-17(2-6-19)24(33)30-12-15-11-18(14-30)23-21(9-10-22(32)31(23)13-15)16-3-7-20(8-4-16)34-25(27,28)29/h1-10,15,18H,11-14H2/t15-,18-/m0/s1. The molecule has 5 nitrogen and oxygen atoms in total. The highest BCUT2D eigenvalue weighted by Gasteiger charge is 2.38. The Morgan fingerprint density at radius 2 is 1.62 bits per heavy atom. The number of pyridine rings is 1. The van der Waals surface area contributed by atoms with Crippen LogP contribution in [-0.4, -0.2) is 34.8 Å². The fraction of sp³-hybridized carbons (Fsp3) is 0.280. The van der Waals surface area contributed by atoms with Gasteiger partial charge in [-0.3, -0.25) is 9.59 Å². The van der Waals surface area contributed by atoms with Gasteiger partial charge in [0.2, 0.25) is 0 Å². The Bertz CT molecular complexity index is 1280. The van der Waals surface area contributed by atoms with E-state index >= 15 is 0 Å². The van der Waals surface area contributed by atoms with Crippen molar-refractivity contribution in [2.75, 3.05) is 13.1 Å². The molecular formula is C25H20F4N2O3. The predicted octanol–water partition coefficient (Wildman–Crippen LogP) is 4.81. The molecule has 0 radical (unpaired) electrons. The van der Waals surface area contributed by atoms with Crippen molar-refractivity contribution in [3.63, 3.8) is 0 Å². The lowest BCUT2D eigenvalue weighted by atomic mass is 9.80. The zero-order valence-corrected chi connectivity index (χ0v) is 17.9. The van der Waals surface area contributed by atoms with E-state index in [4.69, 9.17) is 0 Å². The van der Waals surface area contributed by atoms with Crippen LogP contribution in [0.3, 0.4) is 0 Å². The van der Waals surface area contributed by atoms with E-state index < -0.39 is 12.2 Å². The Balaban J connectivity index is 1.47. The zero-order chi connectivity index (χ0) is 24.0. The van der Waals surface area contributed by atoms with Gasteiger partial charge in [-0.15, -0.1) is 13.2 Å². The van der Waals surface area contributed by atoms with Gasteiger partial charge in [0.05, 0.1) is 0 Å². The molecule has 0 aliphatic carbocycles. The first-order valence-electron chi connectivity index (χ1n) is 10.8. The molecule has 1 amide bonds. The number of piperidine rings is 1. The van der Waals surface area contributed by atoms with Gasteiger partial charge in [0, 0.05) is 48.4 Å². The van der Waals surface area contributed by atoms with Gasteiger partial charge in [-0.1, -0.05) is 12.1 Å². The lowest BCUT2D eigenvalue weighted by molar-refractivity contribution is -0.274. The number of benzene rings is 2. The third-order valence-corrected chi connectivity index (χ3v) is 6.37. The summed E-state index contributed by atoms with van der Waals surface area (Å²) >= 11 is 0. The molecule has 1 fully saturated rings. The number of rotatable bonds is 3. The number of aromatic nitrogens is 1. The van der Waals surface area contributed by atoms with Crippen molar-refractivity contribution in [2.24, 2.45) is 5.92 Å². The molecule has 176 valence electrons. The van der Waals surface area contributed by atoms with Crippen LogP contribution in [0, 0.1) is 11.7 Å². The first-order valence-corrected chi connectivity index (χ1v) is 10.8. The van der Waals surface area contributed by atoms with Gasteiger partial charge < -0.3 is 14.2 Å². The van der Waals surface area contributed by atoms with Crippen LogP contribution in [0.15, 0.2) is 65.5 Å². The largest absolute Gasteiger partial charge is 0.573 e. The number of ether oxygens (including phenoxy) is 1. The molecule has 1 aromatic heterocycles. The number of amides is 1. The SMILES string of the molecule is O=C(c1ccc(F)cc1)N1C[C@@H]2C[C@@H](C1)c1c(-c3ccc(OC(F)(F)F)cc3)ccc(=O)n1C2. The highest BCUT2D eigenvalue weighted by molar-refractivity contribution is 5.94. The van der Waals surface area contributed by atoms with Crippen molar-refractivity contribution in [1.29, 1.82) is 0 Å². The third kappa shape index (κ3) is 4.30. The first kappa shape index (κ1) is 22.2. The molecular weight excluding hydrogens is 452 g/mol. The van der Waals surface area contributed by atoms with Crippen molar-refractivity contribution >= 4 is 5.91 Å². The zero-order valence-electron chi connectivity index (χ0n) is 17.9. The lowest BCUT2D eigenvalue weighted by Crippen LogP contribution is -2.49. The molecule has 5 rings (SSSR count). The Morgan fingerprint density at radius 3 is 2.29 bits per heavy atom. The molecule has 9 heteroatoms. The Labute approximate surface area is 192 Å². The van der Waals surface area contributed by atoms with E-state index in [1.54, 1.807) is 15.5 Å². The minimum atomic E-state index is -4.78. The van der Waals surface area contributed by atoms with Crippen LogP contribution >= 0.6 is 0 Å². The van der Waals surface area contributed by atoms with Crippen LogP contribution in [-0.2, 0) is 6.54 Å². The maximum absolute atomic E-state index is 13.3. The monoisotopic (exact) mass is 472 g/mol. The van der Waals surface area contributed by atoms with Gasteiger partial charge in [-0.05, 0) is 60.4 Å². The van der Waals surface area contributed by atoms with E-state index in [0.717, 1.165) is 17.7 Å². The molecule has 2 aromatic carbocycles. The van der Waals surface area contributed by atoms with Crippen LogP contribution < -0.4 is 10.3 Å². The van der Waals surface area contributed by atoms with Crippen molar-refractivity contribution < 1.29 is 27.1 Å². The van der Waals surface area contributed by atoms with Gasteiger partial charge >= 0.3 is 6.36 Å². The van der Waals surface area contributed by atoms with E-state index in [9.17, 15) is 27.2 Å². The lowest BCUT2D eigenvalue weighted by Gasteiger charge is -2.43. The minimum absolute atomic E-state index is 0.0890. The fourth-order valence-corrected chi connectivity index (χ4v) is 5.04. The number of carbonyl (C=O) groups excluding carboxylic acids is 1. The Morgan fingerprint density at radius 1 is 0.912 bits per heavy atom. The van der Waals surface area contributed by atoms with E-state index in [1.165, 1.54) is 54.6 Å². The smallest absolute Gasteiger partial charge is 0.406 e. The van der Waals surface area contributed by atoms with E-state index in [-0.39, 0.29) is 29.1 Å². The quantitative estimate of drug-likeness (QED) is 0.514. The summed E-state index contributed by atoms with van der Waals surface area (Å²) in [7, 11) is 0. The average molecular weight is 472 g/mol. The molecule has 3 aromatic rings. The summed E-state index contributed by atoms with van der Waals surface area (Å²) in [6.07, 6.45) is -3.99. The molecule has 3 heterocycles. The summed E-state index contributed by atoms with van der Waals surface area (Å²) in [5.74, 6) is -0.974. The maximum Gasteiger partial charge on any atom is 0.573 e. The third-order valence-electron chi connectivity index (χ3n) is 6.37. The van der Waals surface area contributed by atoms with E-state index in [1.807, 2.05) is 0 Å². The molecule has 2 atom stereocenters. The van der Waals surface area contributed by atoms with Crippen LogP contribution in [0.2, 0.25) is 0 Å². The molecule has 2 aliphatic heterocycles. The van der Waals surface area contributed by atoms with E-state index in [0.29, 0.717) is 30.8 Å². The molecule has 2 aliphatic rings. The predicted molar refractivity (Wildman–Crippen MR) is 116 cm³/mol. The maximum atomic E-state index is 13.3. The van der Waals surface area contributed by atoms with Crippen molar-refractivity contribution in [2.45, 2.75) is 25.2 Å². The molecule has 0 saturated carbocycles. The highest BCUT2D eigenvalue weighted by Crippen LogP contribution is 2.40. The number of likely N-dealkylation sites (tertiary alicyclic amines) is 1. The molecule has 34 heavy (non-hydrogen) atoms. The fourth-order valence-electron chi connectivity index (χ4n) is 5.04. The Hall–Kier alpha value is -3.62. The van der Waals surface area contributed by atoms with Gasteiger partial charge in [0.25, 0.3) is 11.5 Å². The van der Waals surface area contributed by atoms with Gasteiger partial charge in [0.1, 0.15) is 11.6 Å². The van der Waals surface area contributed by atoms with Crippen molar-refractivity contribution in [1.82, 2.24) is 9.47 Å². The Kier molecular flexibility index (Phi) is 5.42. The highest BCUT2D eigenvalue weighted by atomic mass is 19.4. The molecule has 0 unspecified atom stereocenters. The first-order chi connectivity index (χ1) is 16.2. The molecule has 1 saturated heterocycles. The summed E-state index contributed by atoms with van der Waals surface area (Å²) < 4.78 is 56.5. The second-order valence-electron chi connectivity index (χ2n) is 8.67. The summed E-state index contributed by atoms with van der Waals surface area (Å²) in [5, 5.41) is 0. The van der Waals surface area contributed by atoms with Gasteiger partial charge in [-0.2, -0.15) is 0 Å². The number of alkyl halides is 3. The summed E-state index contributed by atoms with van der Waals surface area (Å²) in [5.41, 5.74) is 2.40. The molecule has 0 N–H and O–H groups in total. The number of hydrogen-bond donors (Lipinski definition) is 0. The minimum Gasteiger partial charge on any atom is -0.406 e. The van der Waals surface area contributed by atoms with Gasteiger partial charge in [-0.25, -0.2) is 4.39 Å². The second-order valence-corrected chi connectivity index (χ2v) is 8.67. The number of hydrogen-bond acceptors (Lipinski definition) is 3. The van der Waals surface area contributed by atoms with Gasteiger partial charge in [0.15, 0.2) is 0 Å². The number of fused-ring (bicyclic) bond motifs is 4.